The van der Waals surface area contributed by atoms with E-state index < -0.39 is 16.3 Å². The van der Waals surface area contributed by atoms with Crippen LogP contribution in [0.15, 0.2) is 24.3 Å². The fourth-order valence-electron chi connectivity index (χ4n) is 5.07. The highest BCUT2D eigenvalue weighted by Gasteiger charge is 2.37. The molecule has 1 N–H and O–H groups in total. The van der Waals surface area contributed by atoms with Gasteiger partial charge in [-0.25, -0.2) is 4.79 Å². The number of nitrogens with one attached hydrogen (secondary N) is 1. The van der Waals surface area contributed by atoms with Crippen LogP contribution in [-0.4, -0.2) is 104 Å². The van der Waals surface area contributed by atoms with Crippen LogP contribution >= 0.6 is 0 Å². The first-order chi connectivity index (χ1) is 16.9. The van der Waals surface area contributed by atoms with Gasteiger partial charge in [-0.3, -0.25) is 9.69 Å². The molecule has 1 aromatic rings. The molecule has 0 saturated carbocycles. The van der Waals surface area contributed by atoms with Gasteiger partial charge in [0.25, 0.3) is 10.2 Å². The van der Waals surface area contributed by atoms with Crippen LogP contribution in [0.4, 0.5) is 4.79 Å². The molecule has 0 bridgehead atoms. The quantitative estimate of drug-likeness (QED) is 0.588. The van der Waals surface area contributed by atoms with E-state index in [0.29, 0.717) is 45.6 Å². The second-order valence-electron chi connectivity index (χ2n) is 9.38. The number of carbonyl (C=O) groups is 2. The second kappa shape index (κ2) is 11.7. The summed E-state index contributed by atoms with van der Waals surface area (Å²) in [5, 5.41) is 3.03. The molecule has 3 heterocycles. The average Bonchev–Trinajstić information content (AvgIpc) is 2.89. The summed E-state index contributed by atoms with van der Waals surface area (Å²) in [7, 11) is -3.68. The molecule has 3 aliphatic rings. The Morgan fingerprint density at radius 3 is 2.51 bits per heavy atom. The van der Waals surface area contributed by atoms with Crippen molar-refractivity contribution in [2.45, 2.75) is 32.7 Å². The number of carbonyl (C=O) groups excluding carboxylic acids is 2. The van der Waals surface area contributed by atoms with Crippen LogP contribution in [0.25, 0.3) is 0 Å². The zero-order valence-electron chi connectivity index (χ0n) is 20.5. The van der Waals surface area contributed by atoms with E-state index in [9.17, 15) is 18.0 Å². The van der Waals surface area contributed by atoms with Gasteiger partial charge in [0.1, 0.15) is 0 Å². The normalized spacial score (nSPS) is 22.4. The third-order valence-corrected chi connectivity index (χ3v) is 9.11. The van der Waals surface area contributed by atoms with E-state index in [1.807, 2.05) is 0 Å². The average molecular weight is 508 g/mol. The molecule has 0 aliphatic carbocycles. The van der Waals surface area contributed by atoms with Crippen molar-refractivity contribution < 1.29 is 22.7 Å². The summed E-state index contributed by atoms with van der Waals surface area (Å²) in [6, 6.07) is 8.48. The summed E-state index contributed by atoms with van der Waals surface area (Å²) < 4.78 is 34.3. The molecule has 1 aromatic carbocycles. The van der Waals surface area contributed by atoms with Gasteiger partial charge in [0.2, 0.25) is 5.91 Å². The van der Waals surface area contributed by atoms with Gasteiger partial charge >= 0.3 is 6.09 Å². The molecule has 2 fully saturated rings. The predicted molar refractivity (Wildman–Crippen MR) is 132 cm³/mol. The first kappa shape index (κ1) is 25.9. The van der Waals surface area contributed by atoms with E-state index in [1.165, 1.54) is 24.6 Å². The summed E-state index contributed by atoms with van der Waals surface area (Å²) in [4.78, 5) is 28.6. The zero-order valence-corrected chi connectivity index (χ0v) is 21.3. The third-order valence-electron chi connectivity index (χ3n) is 7.11. The van der Waals surface area contributed by atoms with Crippen molar-refractivity contribution in [1.29, 1.82) is 0 Å². The summed E-state index contributed by atoms with van der Waals surface area (Å²) in [6.07, 6.45) is 1.95. The maximum absolute atomic E-state index is 13.2. The van der Waals surface area contributed by atoms with Gasteiger partial charge in [-0.2, -0.15) is 17.0 Å². The fraction of sp³-hybridized carbons (Fsp3) is 0.667. The molecule has 4 rings (SSSR count). The maximum Gasteiger partial charge on any atom is 0.409 e. The molecular formula is C24H37N5O5S. The number of rotatable bonds is 7. The largest absolute Gasteiger partial charge is 0.450 e. The van der Waals surface area contributed by atoms with Crippen molar-refractivity contribution in [3.05, 3.63) is 35.4 Å². The summed E-state index contributed by atoms with van der Waals surface area (Å²) in [6.45, 7) is 6.92. The molecule has 2 saturated heterocycles. The van der Waals surface area contributed by atoms with Gasteiger partial charge in [0.15, 0.2) is 0 Å². The Hall–Kier alpha value is -2.21. The number of piperidine rings is 1. The van der Waals surface area contributed by atoms with E-state index in [2.05, 4.69) is 34.5 Å². The number of fused-ring (bicyclic) bond motifs is 1. The number of benzene rings is 1. The lowest BCUT2D eigenvalue weighted by molar-refractivity contribution is -0.126. The number of piperazine rings is 1. The SMILES string of the molecule is CCOC(=O)N1CCN(S(=O)(=O)N2CCCC(C(=O)NCCN3CCc4ccccc4C3)C2)CC1. The minimum absolute atomic E-state index is 0.0746. The fourth-order valence-corrected chi connectivity index (χ4v) is 6.75. The van der Waals surface area contributed by atoms with Crippen LogP contribution in [0.5, 0.6) is 0 Å². The third kappa shape index (κ3) is 6.32. The molecule has 0 radical (unpaired) electrons. The first-order valence-electron chi connectivity index (χ1n) is 12.6. The lowest BCUT2D eigenvalue weighted by Crippen LogP contribution is -2.56. The zero-order chi connectivity index (χ0) is 24.8. The van der Waals surface area contributed by atoms with Gasteiger partial charge in [-0.15, -0.1) is 0 Å². The van der Waals surface area contributed by atoms with Crippen LogP contribution in [-0.2, 0) is 32.7 Å². The Labute approximate surface area is 208 Å². The Bertz CT molecular complexity index is 996. The molecule has 3 aliphatic heterocycles. The molecular weight excluding hydrogens is 470 g/mol. The lowest BCUT2D eigenvalue weighted by Gasteiger charge is -2.38. The minimum atomic E-state index is -3.68. The highest BCUT2D eigenvalue weighted by Crippen LogP contribution is 2.23. The Morgan fingerprint density at radius 1 is 1.03 bits per heavy atom. The van der Waals surface area contributed by atoms with Crippen LogP contribution in [0, 0.1) is 5.92 Å². The highest BCUT2D eigenvalue weighted by atomic mass is 32.2. The number of hydrogen-bond acceptors (Lipinski definition) is 6. The van der Waals surface area contributed by atoms with Gasteiger partial charge in [0.05, 0.1) is 12.5 Å². The van der Waals surface area contributed by atoms with E-state index in [1.54, 1.807) is 6.92 Å². The summed E-state index contributed by atoms with van der Waals surface area (Å²) in [5.74, 6) is -0.420. The Balaban J connectivity index is 1.23. The van der Waals surface area contributed by atoms with Crippen molar-refractivity contribution >= 4 is 22.2 Å². The van der Waals surface area contributed by atoms with Gasteiger partial charge < -0.3 is 15.0 Å². The second-order valence-corrected chi connectivity index (χ2v) is 11.3. The van der Waals surface area contributed by atoms with E-state index in [0.717, 1.165) is 26.1 Å². The molecule has 0 spiro atoms. The van der Waals surface area contributed by atoms with E-state index in [4.69, 9.17) is 4.74 Å². The van der Waals surface area contributed by atoms with Crippen LogP contribution < -0.4 is 5.32 Å². The highest BCUT2D eigenvalue weighted by molar-refractivity contribution is 7.86. The van der Waals surface area contributed by atoms with Crippen LogP contribution in [0.1, 0.15) is 30.9 Å². The maximum atomic E-state index is 13.2. The number of ether oxygens (including phenoxy) is 1. The molecule has 1 atom stereocenters. The smallest absolute Gasteiger partial charge is 0.409 e. The molecule has 2 amide bonds. The monoisotopic (exact) mass is 507 g/mol. The van der Waals surface area contributed by atoms with Crippen LogP contribution in [0.2, 0.25) is 0 Å². The molecule has 35 heavy (non-hydrogen) atoms. The number of nitrogens with zero attached hydrogens (tertiary/aromatic N) is 4. The summed E-state index contributed by atoms with van der Waals surface area (Å²) >= 11 is 0. The number of amides is 2. The topological polar surface area (TPSA) is 102 Å². The molecule has 0 aromatic heterocycles. The van der Waals surface area contributed by atoms with E-state index in [-0.39, 0.29) is 31.5 Å². The molecule has 1 unspecified atom stereocenters. The van der Waals surface area contributed by atoms with Gasteiger partial charge in [-0.1, -0.05) is 24.3 Å². The lowest BCUT2D eigenvalue weighted by atomic mass is 9.98. The van der Waals surface area contributed by atoms with Crippen molar-refractivity contribution in [1.82, 2.24) is 23.7 Å². The van der Waals surface area contributed by atoms with Gasteiger partial charge in [-0.05, 0) is 37.3 Å². The number of hydrogen-bond donors (Lipinski definition) is 1. The predicted octanol–water partition coefficient (Wildman–Crippen LogP) is 0.892. The van der Waals surface area contributed by atoms with E-state index >= 15 is 0 Å². The Kier molecular flexibility index (Phi) is 8.64. The first-order valence-corrected chi connectivity index (χ1v) is 14.0. The summed E-state index contributed by atoms with van der Waals surface area (Å²) in [5.41, 5.74) is 2.75. The molecule has 194 valence electrons. The van der Waals surface area contributed by atoms with Crippen LogP contribution in [0.3, 0.4) is 0 Å². The standard InChI is InChI=1S/C24H37N5O5S/c1-2-34-24(31)27-14-16-28(17-15-27)35(32,33)29-11-5-8-22(19-29)23(30)25-10-13-26-12-9-20-6-3-4-7-21(20)18-26/h3-4,6-7,22H,2,5,8-19H2,1H3,(H,25,30). The Morgan fingerprint density at radius 2 is 1.77 bits per heavy atom. The molecule has 11 heteroatoms. The minimum Gasteiger partial charge on any atom is -0.450 e. The molecule has 10 nitrogen and oxygen atoms in total. The van der Waals surface area contributed by atoms with Crippen molar-refractivity contribution in [2.24, 2.45) is 5.92 Å². The van der Waals surface area contributed by atoms with Gasteiger partial charge in [0, 0.05) is 65.4 Å². The van der Waals surface area contributed by atoms with Crippen molar-refractivity contribution in [3.63, 3.8) is 0 Å². The van der Waals surface area contributed by atoms with Crippen molar-refractivity contribution in [3.8, 4) is 0 Å². The van der Waals surface area contributed by atoms with Crippen molar-refractivity contribution in [2.75, 3.05) is 65.5 Å².